The summed E-state index contributed by atoms with van der Waals surface area (Å²) in [6.45, 7) is 7.21. The molecule has 1 amide bonds. The molecule has 3 aromatic carbocycles. The number of halogens is 2. The maximum absolute atomic E-state index is 13.3. The molecule has 0 bridgehead atoms. The number of amides is 1. The fourth-order valence-electron chi connectivity index (χ4n) is 3.59. The van der Waals surface area contributed by atoms with Gasteiger partial charge in [-0.3, -0.25) is 4.79 Å². The number of carbonyl (C=O) groups excluding carboxylic acids is 1. The lowest BCUT2D eigenvalue weighted by Crippen LogP contribution is -2.40. The fraction of sp³-hybridized carbons (Fsp3) is 0.321. The van der Waals surface area contributed by atoms with E-state index in [0.29, 0.717) is 47.7 Å². The van der Waals surface area contributed by atoms with E-state index in [4.69, 9.17) is 32.7 Å². The van der Waals surface area contributed by atoms with Gasteiger partial charge in [0.25, 0.3) is 0 Å². The topological polar surface area (TPSA) is 38.8 Å². The minimum Gasteiger partial charge on any atom is -0.493 e. The van der Waals surface area contributed by atoms with Crippen molar-refractivity contribution in [3.05, 3.63) is 93.5 Å². The highest BCUT2D eigenvalue weighted by molar-refractivity contribution is 6.35. The van der Waals surface area contributed by atoms with Crippen LogP contribution in [0.3, 0.4) is 0 Å². The average molecular weight is 500 g/mol. The van der Waals surface area contributed by atoms with Gasteiger partial charge in [0, 0.05) is 28.5 Å². The van der Waals surface area contributed by atoms with E-state index in [1.54, 1.807) is 13.2 Å². The Morgan fingerprint density at radius 3 is 2.29 bits per heavy atom. The molecule has 0 heterocycles. The molecular weight excluding hydrogens is 469 g/mol. The zero-order valence-corrected chi connectivity index (χ0v) is 21.6. The van der Waals surface area contributed by atoms with E-state index in [-0.39, 0.29) is 5.91 Å². The van der Waals surface area contributed by atoms with Crippen molar-refractivity contribution in [1.29, 1.82) is 0 Å². The number of hydrogen-bond donors (Lipinski definition) is 0. The van der Waals surface area contributed by atoms with Gasteiger partial charge in [0.05, 0.1) is 7.11 Å². The van der Waals surface area contributed by atoms with E-state index < -0.39 is 5.41 Å². The van der Waals surface area contributed by atoms with Crippen molar-refractivity contribution < 1.29 is 14.3 Å². The van der Waals surface area contributed by atoms with Gasteiger partial charge in [-0.2, -0.15) is 0 Å². The molecule has 34 heavy (non-hydrogen) atoms. The van der Waals surface area contributed by atoms with E-state index in [2.05, 4.69) is 0 Å². The highest BCUT2D eigenvalue weighted by Gasteiger charge is 2.27. The molecule has 180 valence electrons. The predicted octanol–water partition coefficient (Wildman–Crippen LogP) is 7.20. The third-order valence-corrected chi connectivity index (χ3v) is 6.02. The van der Waals surface area contributed by atoms with Crippen molar-refractivity contribution >= 4 is 29.1 Å². The van der Waals surface area contributed by atoms with Crippen LogP contribution in [0.1, 0.15) is 37.5 Å². The normalized spacial score (nSPS) is 11.2. The van der Waals surface area contributed by atoms with Gasteiger partial charge < -0.3 is 14.4 Å². The molecule has 0 aromatic heterocycles. The summed E-state index contributed by atoms with van der Waals surface area (Å²) in [5.41, 5.74) is 2.48. The zero-order chi connectivity index (χ0) is 24.7. The molecule has 3 rings (SSSR count). The quantitative estimate of drug-likeness (QED) is 0.312. The summed E-state index contributed by atoms with van der Waals surface area (Å²) >= 11 is 12.4. The van der Waals surface area contributed by atoms with Crippen LogP contribution in [0.2, 0.25) is 10.0 Å². The molecule has 0 aliphatic rings. The Hall–Kier alpha value is -2.69. The summed E-state index contributed by atoms with van der Waals surface area (Å²) in [7, 11) is 1.62. The molecular formula is C28H31Cl2NO3. The number of carbonyl (C=O) groups is 1. The summed E-state index contributed by atoms with van der Waals surface area (Å²) in [6.07, 6.45) is 0.630. The molecule has 0 saturated heterocycles. The number of benzene rings is 3. The molecule has 0 atom stereocenters. The van der Waals surface area contributed by atoms with Crippen LogP contribution in [-0.4, -0.2) is 24.5 Å². The van der Waals surface area contributed by atoms with Crippen molar-refractivity contribution in [2.24, 2.45) is 5.41 Å². The van der Waals surface area contributed by atoms with Gasteiger partial charge >= 0.3 is 0 Å². The van der Waals surface area contributed by atoms with Crippen molar-refractivity contribution in [2.45, 2.75) is 40.3 Å². The van der Waals surface area contributed by atoms with Crippen molar-refractivity contribution in [2.75, 3.05) is 13.7 Å². The lowest BCUT2D eigenvalue weighted by atomic mass is 9.94. The standard InChI is InChI=1S/C28H31Cl2NO3/c1-28(2,3)27(32)31(15-14-22-11-12-23(29)17-24(22)30)18-21-10-13-25(33-4)26(16-21)34-19-20-8-6-5-7-9-20/h5-13,16-17H,14-15,18-19H2,1-4H3. The van der Waals surface area contributed by atoms with Gasteiger partial charge in [-0.05, 0) is 47.4 Å². The Labute approximate surface area is 212 Å². The maximum atomic E-state index is 13.3. The lowest BCUT2D eigenvalue weighted by Gasteiger charge is -2.30. The zero-order valence-electron chi connectivity index (χ0n) is 20.1. The second-order valence-electron chi connectivity index (χ2n) is 9.22. The molecule has 4 nitrogen and oxygen atoms in total. The van der Waals surface area contributed by atoms with E-state index in [0.717, 1.165) is 16.7 Å². The second-order valence-corrected chi connectivity index (χ2v) is 10.1. The highest BCUT2D eigenvalue weighted by atomic mass is 35.5. The first-order valence-electron chi connectivity index (χ1n) is 11.2. The first kappa shape index (κ1) is 25.9. The number of rotatable bonds is 9. The highest BCUT2D eigenvalue weighted by Crippen LogP contribution is 2.30. The van der Waals surface area contributed by atoms with Crippen LogP contribution in [0, 0.1) is 5.41 Å². The molecule has 0 radical (unpaired) electrons. The predicted molar refractivity (Wildman–Crippen MR) is 139 cm³/mol. The molecule has 3 aromatic rings. The maximum Gasteiger partial charge on any atom is 0.228 e. The summed E-state index contributed by atoms with van der Waals surface area (Å²) in [5, 5.41) is 1.20. The van der Waals surface area contributed by atoms with E-state index in [1.165, 1.54) is 0 Å². The summed E-state index contributed by atoms with van der Waals surface area (Å²) in [6, 6.07) is 21.2. The van der Waals surface area contributed by atoms with E-state index >= 15 is 0 Å². The minimum absolute atomic E-state index is 0.0696. The van der Waals surface area contributed by atoms with Gasteiger partial charge in [-0.15, -0.1) is 0 Å². The SMILES string of the molecule is COc1ccc(CN(CCc2ccc(Cl)cc2Cl)C(=O)C(C)(C)C)cc1OCc1ccccc1. The molecule has 0 fully saturated rings. The summed E-state index contributed by atoms with van der Waals surface area (Å²) in [5.74, 6) is 1.37. The van der Waals surface area contributed by atoms with Gasteiger partial charge in [0.15, 0.2) is 11.5 Å². The number of hydrogen-bond acceptors (Lipinski definition) is 3. The Kier molecular flexibility index (Phi) is 8.87. The third-order valence-electron chi connectivity index (χ3n) is 5.43. The fourth-order valence-corrected chi connectivity index (χ4v) is 4.10. The number of methoxy groups -OCH3 is 1. The minimum atomic E-state index is -0.511. The molecule has 0 spiro atoms. The van der Waals surface area contributed by atoms with E-state index in [9.17, 15) is 4.79 Å². The van der Waals surface area contributed by atoms with Crippen LogP contribution in [0.15, 0.2) is 66.7 Å². The average Bonchev–Trinajstić information content (AvgIpc) is 2.81. The Morgan fingerprint density at radius 1 is 0.912 bits per heavy atom. The monoisotopic (exact) mass is 499 g/mol. The summed E-state index contributed by atoms with van der Waals surface area (Å²) < 4.78 is 11.6. The van der Waals surface area contributed by atoms with Crippen LogP contribution >= 0.6 is 23.2 Å². The van der Waals surface area contributed by atoms with Gasteiger partial charge in [0.2, 0.25) is 5.91 Å². The van der Waals surface area contributed by atoms with Crippen LogP contribution in [0.5, 0.6) is 11.5 Å². The van der Waals surface area contributed by atoms with Crippen molar-refractivity contribution in [1.82, 2.24) is 4.90 Å². The lowest BCUT2D eigenvalue weighted by molar-refractivity contribution is -0.140. The van der Waals surface area contributed by atoms with Crippen molar-refractivity contribution in [3.8, 4) is 11.5 Å². The van der Waals surface area contributed by atoms with Crippen molar-refractivity contribution in [3.63, 3.8) is 0 Å². The number of nitrogens with zero attached hydrogens (tertiary/aromatic N) is 1. The largest absolute Gasteiger partial charge is 0.493 e. The van der Waals surface area contributed by atoms with Crippen LogP contribution in [0.25, 0.3) is 0 Å². The number of ether oxygens (including phenoxy) is 2. The van der Waals surface area contributed by atoms with Crippen LogP contribution < -0.4 is 9.47 Å². The smallest absolute Gasteiger partial charge is 0.228 e. The molecule has 0 N–H and O–H groups in total. The van der Waals surface area contributed by atoms with Gasteiger partial charge in [-0.25, -0.2) is 0 Å². The summed E-state index contributed by atoms with van der Waals surface area (Å²) in [4.78, 5) is 15.1. The molecule has 0 unspecified atom stereocenters. The van der Waals surface area contributed by atoms with Crippen LogP contribution in [0.4, 0.5) is 0 Å². The second kappa shape index (κ2) is 11.6. The molecule has 0 aliphatic carbocycles. The Morgan fingerprint density at radius 2 is 1.65 bits per heavy atom. The Balaban J connectivity index is 1.79. The first-order chi connectivity index (χ1) is 16.2. The first-order valence-corrected chi connectivity index (χ1v) is 12.0. The third kappa shape index (κ3) is 7.15. The van der Waals surface area contributed by atoms with E-state index in [1.807, 2.05) is 86.3 Å². The van der Waals surface area contributed by atoms with Gasteiger partial charge in [0.1, 0.15) is 6.61 Å². The molecule has 6 heteroatoms. The molecule has 0 aliphatic heterocycles. The van der Waals surface area contributed by atoms with Crippen LogP contribution in [-0.2, 0) is 24.4 Å². The molecule has 0 saturated carbocycles. The Bertz CT molecular complexity index is 1110. The van der Waals surface area contributed by atoms with Gasteiger partial charge in [-0.1, -0.05) is 86.4 Å².